The zero-order valence-corrected chi connectivity index (χ0v) is 37.8. The smallest absolute Gasteiger partial charge is 0.262 e. The van der Waals surface area contributed by atoms with Gasteiger partial charge in [0.2, 0.25) is 17.3 Å². The van der Waals surface area contributed by atoms with E-state index in [1.807, 2.05) is 43.3 Å². The Kier molecular flexibility index (Phi) is 15.1. The normalized spacial score (nSPS) is 12.2. The number of carbonyl (C=O) groups excluding carboxylic acids is 2. The van der Waals surface area contributed by atoms with Crippen molar-refractivity contribution >= 4 is 112 Å². The predicted molar refractivity (Wildman–Crippen MR) is 260 cm³/mol. The Morgan fingerprint density at radius 2 is 1.25 bits per heavy atom. The summed E-state index contributed by atoms with van der Waals surface area (Å²) in [5, 5.41) is 10.6. The number of para-hydroxylation sites is 3. The van der Waals surface area contributed by atoms with Crippen molar-refractivity contribution in [3.63, 3.8) is 0 Å². The third-order valence-electron chi connectivity index (χ3n) is 10.3. The van der Waals surface area contributed by atoms with Gasteiger partial charge in [0.1, 0.15) is 24.3 Å². The number of aromatic nitrogens is 3. The Labute approximate surface area is 368 Å². The number of nitrogens with one attached hydrogen (secondary N) is 2. The minimum absolute atomic E-state index is 0.00680. The van der Waals surface area contributed by atoms with E-state index in [0.717, 1.165) is 72.3 Å². The predicted octanol–water partition coefficient (Wildman–Crippen LogP) is 10.4. The van der Waals surface area contributed by atoms with Gasteiger partial charge in [0, 0.05) is 92.5 Å². The molecule has 0 bridgehead atoms. The SMILES string of the molecule is CCN=C(/C=C/c1c(C)n(CC(=O)NCCSSCCNC(=O)Cn2c(C)c(/C=C/c3sc4ccccc4[n+]3CC)c3ccccc32)c2ccccc12)Sc1ccccc1. The van der Waals surface area contributed by atoms with Crippen LogP contribution in [0.2, 0.25) is 0 Å². The van der Waals surface area contributed by atoms with E-state index in [9.17, 15) is 9.59 Å². The lowest BCUT2D eigenvalue weighted by atomic mass is 10.1. The molecular weight excluding hydrogens is 821 g/mol. The van der Waals surface area contributed by atoms with Crippen LogP contribution in [0.5, 0.6) is 0 Å². The number of hydrogen-bond donors (Lipinski definition) is 2. The molecule has 0 radical (unpaired) electrons. The number of hydrogen-bond acceptors (Lipinski definition) is 7. The van der Waals surface area contributed by atoms with Crippen LogP contribution < -0.4 is 15.2 Å². The number of thiazole rings is 1. The Morgan fingerprint density at radius 3 is 1.85 bits per heavy atom. The Hall–Kier alpha value is -5.01. The summed E-state index contributed by atoms with van der Waals surface area (Å²) in [6.07, 6.45) is 8.61. The van der Waals surface area contributed by atoms with Crippen molar-refractivity contribution in [3.05, 3.63) is 137 Å². The number of benzene rings is 4. The number of aliphatic imine (C=N–C) groups is 1. The molecule has 308 valence electrons. The average molecular weight is 872 g/mol. The van der Waals surface area contributed by atoms with Gasteiger partial charge < -0.3 is 19.8 Å². The first-order valence-corrected chi connectivity index (χ1v) is 24.5. The van der Waals surface area contributed by atoms with E-state index >= 15 is 0 Å². The van der Waals surface area contributed by atoms with Gasteiger partial charge in [0.25, 0.3) is 5.01 Å². The summed E-state index contributed by atoms with van der Waals surface area (Å²) < 4.78 is 7.84. The van der Waals surface area contributed by atoms with E-state index in [0.29, 0.717) is 19.6 Å². The molecule has 0 unspecified atom stereocenters. The summed E-state index contributed by atoms with van der Waals surface area (Å²) in [5.41, 5.74) is 7.68. The van der Waals surface area contributed by atoms with E-state index in [-0.39, 0.29) is 24.9 Å². The number of rotatable bonds is 18. The maximum absolute atomic E-state index is 13.2. The van der Waals surface area contributed by atoms with Crippen LogP contribution in [0.1, 0.15) is 41.4 Å². The van der Waals surface area contributed by atoms with Crippen molar-refractivity contribution in [1.29, 1.82) is 0 Å². The molecular formula is C48H51N6O2S4+. The molecule has 2 N–H and O–H groups in total. The van der Waals surface area contributed by atoms with Gasteiger partial charge in [-0.15, -0.1) is 0 Å². The number of amides is 2. The summed E-state index contributed by atoms with van der Waals surface area (Å²) in [5.74, 6) is 1.52. The van der Waals surface area contributed by atoms with Crippen molar-refractivity contribution in [2.45, 2.75) is 52.2 Å². The van der Waals surface area contributed by atoms with Crippen LogP contribution in [0.25, 0.3) is 50.3 Å². The first-order chi connectivity index (χ1) is 29.4. The number of nitrogens with zero attached hydrogens (tertiary/aromatic N) is 4. The summed E-state index contributed by atoms with van der Waals surface area (Å²) >= 11 is 3.45. The number of carbonyl (C=O) groups is 2. The zero-order valence-electron chi connectivity index (χ0n) is 34.5. The number of fused-ring (bicyclic) bond motifs is 3. The fraction of sp³-hybridized carbons (Fsp3) is 0.250. The van der Waals surface area contributed by atoms with Crippen LogP contribution in [0.4, 0.5) is 0 Å². The number of aryl methyl sites for hydroxylation is 1. The van der Waals surface area contributed by atoms with Crippen molar-refractivity contribution in [2.24, 2.45) is 4.99 Å². The molecule has 8 nitrogen and oxygen atoms in total. The highest BCUT2D eigenvalue weighted by atomic mass is 33.1. The van der Waals surface area contributed by atoms with Crippen molar-refractivity contribution < 1.29 is 14.2 Å². The van der Waals surface area contributed by atoms with Gasteiger partial charge >= 0.3 is 0 Å². The van der Waals surface area contributed by atoms with Crippen LogP contribution in [0.3, 0.4) is 0 Å². The van der Waals surface area contributed by atoms with Crippen LogP contribution in [-0.4, -0.2) is 57.1 Å². The second kappa shape index (κ2) is 21.0. The highest BCUT2D eigenvalue weighted by molar-refractivity contribution is 8.76. The molecule has 0 atom stereocenters. The van der Waals surface area contributed by atoms with Crippen LogP contribution in [0.15, 0.2) is 119 Å². The van der Waals surface area contributed by atoms with Crippen molar-refractivity contribution in [3.8, 4) is 0 Å². The third-order valence-corrected chi connectivity index (χ3v) is 14.8. The Balaban J connectivity index is 0.866. The van der Waals surface area contributed by atoms with Gasteiger partial charge in [-0.2, -0.15) is 4.57 Å². The van der Waals surface area contributed by atoms with Gasteiger partial charge in [0.05, 0.1) is 5.04 Å². The molecule has 0 aliphatic rings. The molecule has 3 heterocycles. The lowest BCUT2D eigenvalue weighted by Crippen LogP contribution is -2.33. The lowest BCUT2D eigenvalue weighted by molar-refractivity contribution is -0.665. The molecule has 0 aliphatic heterocycles. The molecule has 3 aromatic heterocycles. The topological polar surface area (TPSA) is 84.3 Å². The number of thioether (sulfide) groups is 1. The standard InChI is InChI=1S/C48H50N6O2S4/c1-5-49-47(59-36-16-8-7-9-17-36)26-24-37-34(3)53(41-20-12-10-18-39(37)41)32-45(55)50-28-30-57-58-31-29-51-46(56)33-54-35(4)38(40-19-11-13-21-42(40)54)25-27-48-52(6-2)43-22-14-15-23-44(43)60-48/h7-27H,5-6,28-33H2,1-4H3,(H-,50,51,55,56)/p+1/b26-24+,49-47?. The van der Waals surface area contributed by atoms with Gasteiger partial charge in [-0.3, -0.25) is 14.6 Å². The van der Waals surface area contributed by atoms with Crippen molar-refractivity contribution in [1.82, 2.24) is 19.8 Å². The summed E-state index contributed by atoms with van der Waals surface area (Å²) in [6, 6.07) is 35.4. The van der Waals surface area contributed by atoms with Crippen LogP contribution >= 0.6 is 44.7 Å². The minimum Gasteiger partial charge on any atom is -0.354 e. The van der Waals surface area contributed by atoms with Crippen molar-refractivity contribution in [2.75, 3.05) is 31.1 Å². The maximum Gasteiger partial charge on any atom is 0.262 e. The molecule has 7 aromatic rings. The minimum atomic E-state index is -0.0173. The molecule has 0 saturated heterocycles. The van der Waals surface area contributed by atoms with Gasteiger partial charge in [-0.25, -0.2) is 0 Å². The first-order valence-electron chi connectivity index (χ1n) is 20.3. The van der Waals surface area contributed by atoms with Crippen LogP contribution in [-0.2, 0) is 29.2 Å². The molecule has 12 heteroatoms. The molecule has 0 fully saturated rings. The Bertz CT molecular complexity index is 2690. The molecule has 2 amide bonds. The molecule has 7 rings (SSSR count). The molecule has 4 aromatic carbocycles. The second-order valence-corrected chi connectivity index (χ2v) is 19.0. The highest BCUT2D eigenvalue weighted by Gasteiger charge is 2.19. The Morgan fingerprint density at radius 1 is 0.700 bits per heavy atom. The quantitative estimate of drug-likeness (QED) is 0.0224. The molecule has 0 spiro atoms. The van der Waals surface area contributed by atoms with E-state index in [4.69, 9.17) is 4.99 Å². The molecule has 0 saturated carbocycles. The largest absolute Gasteiger partial charge is 0.354 e. The van der Waals surface area contributed by atoms with Crippen LogP contribution in [0, 0.1) is 13.8 Å². The molecule has 60 heavy (non-hydrogen) atoms. The molecule has 0 aliphatic carbocycles. The van der Waals surface area contributed by atoms with Gasteiger partial charge in [-0.1, -0.05) is 111 Å². The fourth-order valence-corrected chi connectivity index (χ4v) is 11.2. The van der Waals surface area contributed by atoms with E-state index in [1.165, 1.54) is 15.2 Å². The van der Waals surface area contributed by atoms with Gasteiger partial charge in [0.15, 0.2) is 0 Å². The summed E-state index contributed by atoms with van der Waals surface area (Å²) in [6.45, 7) is 11.7. The second-order valence-electron chi connectivity index (χ2n) is 14.1. The summed E-state index contributed by atoms with van der Waals surface area (Å²) in [7, 11) is 3.41. The fourth-order valence-electron chi connectivity index (χ4n) is 7.42. The third kappa shape index (κ3) is 10.3. The van der Waals surface area contributed by atoms with E-state index in [1.54, 1.807) is 44.7 Å². The summed E-state index contributed by atoms with van der Waals surface area (Å²) in [4.78, 5) is 32.2. The maximum atomic E-state index is 13.2. The first kappa shape index (κ1) is 43.1. The lowest BCUT2D eigenvalue weighted by Gasteiger charge is -2.10. The zero-order chi connectivity index (χ0) is 41.8. The van der Waals surface area contributed by atoms with E-state index in [2.05, 4.69) is 136 Å². The average Bonchev–Trinajstić information content (AvgIpc) is 3.85. The monoisotopic (exact) mass is 871 g/mol. The highest BCUT2D eigenvalue weighted by Crippen LogP contribution is 2.30. The van der Waals surface area contributed by atoms with Gasteiger partial charge in [-0.05, 0) is 76.3 Å². The van der Waals surface area contributed by atoms with E-state index < -0.39 is 0 Å².